The predicted molar refractivity (Wildman–Crippen MR) is 83.1 cm³/mol. The zero-order valence-electron chi connectivity index (χ0n) is 12.7. The van der Waals surface area contributed by atoms with Gasteiger partial charge in [-0.05, 0) is 49.3 Å². The summed E-state index contributed by atoms with van der Waals surface area (Å²) in [4.78, 5) is 0. The minimum Gasteiger partial charge on any atom is -0.497 e. The highest BCUT2D eigenvalue weighted by atomic mass is 16.5. The number of methoxy groups -OCH3 is 1. The van der Waals surface area contributed by atoms with Gasteiger partial charge in [0.1, 0.15) is 5.75 Å². The molecule has 1 unspecified atom stereocenters. The summed E-state index contributed by atoms with van der Waals surface area (Å²) < 4.78 is 5.17. The molecule has 1 aliphatic rings. The SMILES string of the molecule is COc1ccc(CCC(O)C2CCCCCCC2)cc1. The molecular formula is C18H28O2. The van der Waals surface area contributed by atoms with Gasteiger partial charge in [-0.2, -0.15) is 0 Å². The number of rotatable bonds is 5. The molecule has 1 aromatic rings. The number of hydrogen-bond acceptors (Lipinski definition) is 2. The Morgan fingerprint density at radius 3 is 2.25 bits per heavy atom. The highest BCUT2D eigenvalue weighted by Crippen LogP contribution is 2.27. The first-order chi connectivity index (χ1) is 9.79. The Kier molecular flexibility index (Phi) is 6.38. The molecule has 1 atom stereocenters. The summed E-state index contributed by atoms with van der Waals surface area (Å²) in [5.74, 6) is 1.42. The molecule has 2 nitrogen and oxygen atoms in total. The van der Waals surface area contributed by atoms with Crippen molar-refractivity contribution >= 4 is 0 Å². The third-order valence-electron chi connectivity index (χ3n) is 4.58. The molecule has 112 valence electrons. The lowest BCUT2D eigenvalue weighted by atomic mass is 9.85. The van der Waals surface area contributed by atoms with Crippen LogP contribution in [0.4, 0.5) is 0 Å². The van der Waals surface area contributed by atoms with Crippen LogP contribution in [0.25, 0.3) is 0 Å². The number of ether oxygens (including phenoxy) is 1. The first-order valence-corrected chi connectivity index (χ1v) is 8.10. The van der Waals surface area contributed by atoms with Gasteiger partial charge in [-0.15, -0.1) is 0 Å². The van der Waals surface area contributed by atoms with Gasteiger partial charge in [0.05, 0.1) is 13.2 Å². The molecule has 0 aliphatic heterocycles. The predicted octanol–water partition coefficient (Wildman–Crippen LogP) is 4.35. The van der Waals surface area contributed by atoms with E-state index in [0.29, 0.717) is 5.92 Å². The highest BCUT2D eigenvalue weighted by molar-refractivity contribution is 5.27. The lowest BCUT2D eigenvalue weighted by molar-refractivity contribution is 0.0835. The van der Waals surface area contributed by atoms with Gasteiger partial charge in [0.25, 0.3) is 0 Å². The van der Waals surface area contributed by atoms with Crippen molar-refractivity contribution in [3.63, 3.8) is 0 Å². The number of benzene rings is 1. The van der Waals surface area contributed by atoms with Crippen LogP contribution in [0.1, 0.15) is 56.9 Å². The fourth-order valence-electron chi connectivity index (χ4n) is 3.21. The van der Waals surface area contributed by atoms with Gasteiger partial charge >= 0.3 is 0 Å². The minimum absolute atomic E-state index is 0.129. The molecule has 0 heterocycles. The molecular weight excluding hydrogens is 248 g/mol. The second-order valence-corrected chi connectivity index (χ2v) is 6.06. The van der Waals surface area contributed by atoms with E-state index in [1.165, 1.54) is 50.5 Å². The van der Waals surface area contributed by atoms with Crippen LogP contribution in [-0.4, -0.2) is 18.3 Å². The molecule has 1 saturated carbocycles. The second-order valence-electron chi connectivity index (χ2n) is 6.06. The van der Waals surface area contributed by atoms with Crippen LogP contribution in [0.5, 0.6) is 5.75 Å². The van der Waals surface area contributed by atoms with Crippen molar-refractivity contribution in [1.29, 1.82) is 0 Å². The van der Waals surface area contributed by atoms with Crippen molar-refractivity contribution < 1.29 is 9.84 Å². The average Bonchev–Trinajstić information content (AvgIpc) is 2.45. The summed E-state index contributed by atoms with van der Waals surface area (Å²) in [6, 6.07) is 8.20. The quantitative estimate of drug-likeness (QED) is 0.866. The van der Waals surface area contributed by atoms with E-state index in [4.69, 9.17) is 4.74 Å². The van der Waals surface area contributed by atoms with Crippen molar-refractivity contribution in [2.45, 2.75) is 63.9 Å². The Bertz CT molecular complexity index is 364. The van der Waals surface area contributed by atoms with Crippen LogP contribution < -0.4 is 4.74 Å². The van der Waals surface area contributed by atoms with Crippen LogP contribution in [0.3, 0.4) is 0 Å². The van der Waals surface area contributed by atoms with E-state index in [0.717, 1.165) is 18.6 Å². The number of aliphatic hydroxyl groups is 1. The van der Waals surface area contributed by atoms with Gasteiger partial charge in [-0.1, -0.05) is 44.2 Å². The molecule has 0 saturated heterocycles. The lowest BCUT2D eigenvalue weighted by Gasteiger charge is -2.25. The molecule has 1 aliphatic carbocycles. The van der Waals surface area contributed by atoms with Crippen LogP contribution in [0, 0.1) is 5.92 Å². The normalized spacial score (nSPS) is 19.1. The van der Waals surface area contributed by atoms with Crippen molar-refractivity contribution in [2.75, 3.05) is 7.11 Å². The van der Waals surface area contributed by atoms with E-state index < -0.39 is 0 Å². The van der Waals surface area contributed by atoms with Gasteiger partial charge in [0, 0.05) is 0 Å². The first kappa shape index (κ1) is 15.4. The Hall–Kier alpha value is -1.02. The molecule has 2 heteroatoms. The first-order valence-electron chi connectivity index (χ1n) is 8.10. The van der Waals surface area contributed by atoms with Crippen molar-refractivity contribution in [3.8, 4) is 5.75 Å². The van der Waals surface area contributed by atoms with Gasteiger partial charge in [0.15, 0.2) is 0 Å². The average molecular weight is 276 g/mol. The van der Waals surface area contributed by atoms with E-state index in [-0.39, 0.29) is 6.10 Å². The molecule has 2 rings (SSSR count). The van der Waals surface area contributed by atoms with Crippen molar-refractivity contribution in [2.24, 2.45) is 5.92 Å². The van der Waals surface area contributed by atoms with Crippen LogP contribution >= 0.6 is 0 Å². The topological polar surface area (TPSA) is 29.5 Å². The maximum atomic E-state index is 10.4. The van der Waals surface area contributed by atoms with Gasteiger partial charge in [-0.3, -0.25) is 0 Å². The van der Waals surface area contributed by atoms with Crippen molar-refractivity contribution in [3.05, 3.63) is 29.8 Å². The standard InChI is InChI=1S/C18H28O2/c1-20-17-12-9-15(10-13-17)11-14-18(19)16-7-5-3-2-4-6-8-16/h9-10,12-13,16,18-19H,2-8,11,14H2,1H3. The third-order valence-corrected chi connectivity index (χ3v) is 4.58. The number of aliphatic hydroxyl groups excluding tert-OH is 1. The zero-order chi connectivity index (χ0) is 14.2. The van der Waals surface area contributed by atoms with Gasteiger partial charge < -0.3 is 9.84 Å². The lowest BCUT2D eigenvalue weighted by Crippen LogP contribution is -2.22. The minimum atomic E-state index is -0.129. The molecule has 20 heavy (non-hydrogen) atoms. The van der Waals surface area contributed by atoms with E-state index in [1.54, 1.807) is 7.11 Å². The fourth-order valence-corrected chi connectivity index (χ4v) is 3.21. The highest BCUT2D eigenvalue weighted by Gasteiger charge is 2.19. The van der Waals surface area contributed by atoms with Crippen LogP contribution in [-0.2, 0) is 6.42 Å². The van der Waals surface area contributed by atoms with E-state index in [2.05, 4.69) is 12.1 Å². The molecule has 1 N–H and O–H groups in total. The van der Waals surface area contributed by atoms with E-state index in [1.807, 2.05) is 12.1 Å². The van der Waals surface area contributed by atoms with E-state index in [9.17, 15) is 5.11 Å². The fraction of sp³-hybridized carbons (Fsp3) is 0.667. The van der Waals surface area contributed by atoms with Crippen LogP contribution in [0.2, 0.25) is 0 Å². The summed E-state index contributed by atoms with van der Waals surface area (Å²) in [7, 11) is 1.69. The summed E-state index contributed by atoms with van der Waals surface area (Å²) in [6.07, 6.45) is 10.8. The van der Waals surface area contributed by atoms with Crippen LogP contribution in [0.15, 0.2) is 24.3 Å². The van der Waals surface area contributed by atoms with Gasteiger partial charge in [0.2, 0.25) is 0 Å². The molecule has 1 fully saturated rings. The molecule has 0 bridgehead atoms. The van der Waals surface area contributed by atoms with E-state index >= 15 is 0 Å². The Labute approximate surface area is 123 Å². The third kappa shape index (κ3) is 4.82. The molecule has 0 aromatic heterocycles. The maximum absolute atomic E-state index is 10.4. The zero-order valence-corrected chi connectivity index (χ0v) is 12.7. The van der Waals surface area contributed by atoms with Crippen molar-refractivity contribution in [1.82, 2.24) is 0 Å². The Balaban J connectivity index is 1.78. The summed E-state index contributed by atoms with van der Waals surface area (Å²) >= 11 is 0. The molecule has 0 radical (unpaired) electrons. The summed E-state index contributed by atoms with van der Waals surface area (Å²) in [6.45, 7) is 0. The Morgan fingerprint density at radius 2 is 1.65 bits per heavy atom. The number of hydrogen-bond donors (Lipinski definition) is 1. The smallest absolute Gasteiger partial charge is 0.118 e. The molecule has 0 spiro atoms. The molecule has 1 aromatic carbocycles. The second kappa shape index (κ2) is 8.31. The van der Waals surface area contributed by atoms with Gasteiger partial charge in [-0.25, -0.2) is 0 Å². The maximum Gasteiger partial charge on any atom is 0.118 e. The summed E-state index contributed by atoms with van der Waals surface area (Å²) in [5.41, 5.74) is 1.29. The summed E-state index contributed by atoms with van der Waals surface area (Å²) in [5, 5.41) is 10.4. The number of aryl methyl sites for hydroxylation is 1. The Morgan fingerprint density at radius 1 is 1.05 bits per heavy atom. The monoisotopic (exact) mass is 276 g/mol. The molecule has 0 amide bonds. The largest absolute Gasteiger partial charge is 0.497 e.